The molecule has 3 fully saturated rings. The number of carboxylic acids is 1. The van der Waals surface area contributed by atoms with Crippen molar-refractivity contribution in [2.24, 2.45) is 5.41 Å². The first kappa shape index (κ1) is 18.5. The summed E-state index contributed by atoms with van der Waals surface area (Å²) >= 11 is 0. The first-order valence-corrected chi connectivity index (χ1v) is 8.57. The van der Waals surface area contributed by atoms with Crippen LogP contribution in [-0.4, -0.2) is 35.9 Å². The summed E-state index contributed by atoms with van der Waals surface area (Å²) in [6, 6.07) is 3.71. The molecule has 3 aliphatic rings. The predicted octanol–water partition coefficient (Wildman–Crippen LogP) is 3.23. The van der Waals surface area contributed by atoms with Gasteiger partial charge in [0.15, 0.2) is 0 Å². The van der Waals surface area contributed by atoms with Gasteiger partial charge in [0.2, 0.25) is 0 Å². The van der Waals surface area contributed by atoms with E-state index in [1.54, 1.807) is 32.9 Å². The van der Waals surface area contributed by atoms with Crippen LogP contribution < -0.4 is 10.1 Å². The Morgan fingerprint density at radius 3 is 2.35 bits per heavy atom. The number of hydrogen-bond acceptors (Lipinski definition) is 4. The van der Waals surface area contributed by atoms with Crippen LogP contribution >= 0.6 is 0 Å². The van der Waals surface area contributed by atoms with Crippen molar-refractivity contribution in [2.75, 3.05) is 7.11 Å². The largest absolute Gasteiger partial charge is 0.497 e. The highest BCUT2D eigenvalue weighted by Crippen LogP contribution is 2.75. The number of aliphatic carboxylic acids is 1. The number of nitrogens with one attached hydrogen (secondary N) is 1. The molecule has 142 valence electrons. The number of methoxy groups -OCH3 is 1. The number of hydrogen-bond donors (Lipinski definition) is 2. The number of halogens is 1. The molecule has 2 bridgehead atoms. The molecule has 4 rings (SSSR count). The summed E-state index contributed by atoms with van der Waals surface area (Å²) in [5.74, 6) is -0.994. The van der Waals surface area contributed by atoms with Gasteiger partial charge in [0, 0.05) is 16.9 Å². The number of carbonyl (C=O) groups is 2. The van der Waals surface area contributed by atoms with Gasteiger partial charge in [-0.2, -0.15) is 0 Å². The van der Waals surface area contributed by atoms with Crippen molar-refractivity contribution in [3.05, 3.63) is 29.6 Å². The molecule has 6 nitrogen and oxygen atoms in total. The van der Waals surface area contributed by atoms with Crippen LogP contribution in [-0.2, 0) is 14.9 Å². The van der Waals surface area contributed by atoms with Crippen LogP contribution in [0.5, 0.6) is 5.75 Å². The first-order valence-electron chi connectivity index (χ1n) is 8.57. The molecule has 2 N–H and O–H groups in total. The topological polar surface area (TPSA) is 84.9 Å². The molecule has 1 aromatic carbocycles. The van der Waals surface area contributed by atoms with Gasteiger partial charge in [0.25, 0.3) is 0 Å². The van der Waals surface area contributed by atoms with Crippen molar-refractivity contribution in [1.82, 2.24) is 5.32 Å². The highest BCUT2D eigenvalue weighted by atomic mass is 19.1. The number of carboxylic acid groups (broad SMARTS) is 1. The molecule has 26 heavy (non-hydrogen) atoms. The maximum absolute atomic E-state index is 14.4. The fourth-order valence-electron chi connectivity index (χ4n) is 4.41. The molecule has 3 aliphatic carbocycles. The monoisotopic (exact) mass is 365 g/mol. The second-order valence-electron chi connectivity index (χ2n) is 8.44. The lowest BCUT2D eigenvalue weighted by atomic mass is 9.31. The average molecular weight is 365 g/mol. The number of ether oxygens (including phenoxy) is 2. The molecule has 1 amide bonds. The van der Waals surface area contributed by atoms with Gasteiger partial charge in [-0.05, 0) is 51.7 Å². The smallest absolute Gasteiger partial charge is 0.408 e. The normalized spacial score (nSPS) is 27.6. The Morgan fingerprint density at radius 2 is 1.88 bits per heavy atom. The third-order valence-corrected chi connectivity index (χ3v) is 5.34. The van der Waals surface area contributed by atoms with E-state index in [1.165, 1.54) is 13.2 Å². The zero-order valence-electron chi connectivity index (χ0n) is 15.4. The Morgan fingerprint density at radius 1 is 1.27 bits per heavy atom. The van der Waals surface area contributed by atoms with Crippen LogP contribution in [0.4, 0.5) is 9.18 Å². The van der Waals surface area contributed by atoms with Crippen molar-refractivity contribution in [2.45, 2.75) is 57.1 Å². The maximum Gasteiger partial charge on any atom is 0.408 e. The fourth-order valence-corrected chi connectivity index (χ4v) is 4.41. The van der Waals surface area contributed by atoms with Gasteiger partial charge in [-0.3, -0.25) is 0 Å². The minimum atomic E-state index is -1.10. The molecule has 0 aromatic heterocycles. The van der Waals surface area contributed by atoms with Crippen molar-refractivity contribution < 1.29 is 28.6 Å². The quantitative estimate of drug-likeness (QED) is 0.837. The minimum Gasteiger partial charge on any atom is -0.497 e. The molecule has 1 unspecified atom stereocenters. The summed E-state index contributed by atoms with van der Waals surface area (Å²) in [5, 5.41) is 12.0. The molecule has 0 aliphatic heterocycles. The van der Waals surface area contributed by atoms with Crippen LogP contribution in [0, 0.1) is 11.2 Å². The van der Waals surface area contributed by atoms with Crippen LogP contribution in [0.25, 0.3) is 0 Å². The molecular weight excluding hydrogens is 341 g/mol. The Labute approximate surface area is 151 Å². The van der Waals surface area contributed by atoms with Crippen molar-refractivity contribution in [1.29, 1.82) is 0 Å². The van der Waals surface area contributed by atoms with Gasteiger partial charge in [-0.25, -0.2) is 14.0 Å². The van der Waals surface area contributed by atoms with Crippen molar-refractivity contribution >= 4 is 12.1 Å². The van der Waals surface area contributed by atoms with Gasteiger partial charge >= 0.3 is 12.1 Å². The van der Waals surface area contributed by atoms with E-state index in [2.05, 4.69) is 5.32 Å². The summed E-state index contributed by atoms with van der Waals surface area (Å²) in [5.41, 5.74) is -1.02. The Bertz CT molecular complexity index is 735. The van der Waals surface area contributed by atoms with E-state index in [9.17, 15) is 19.1 Å². The van der Waals surface area contributed by atoms with Gasteiger partial charge < -0.3 is 19.9 Å². The van der Waals surface area contributed by atoms with Gasteiger partial charge in [-0.15, -0.1) is 0 Å². The highest BCUT2D eigenvalue weighted by Gasteiger charge is 2.73. The van der Waals surface area contributed by atoms with Gasteiger partial charge in [0.1, 0.15) is 23.2 Å². The average Bonchev–Trinajstić information content (AvgIpc) is 2.42. The van der Waals surface area contributed by atoms with Crippen LogP contribution in [0.1, 0.15) is 45.6 Å². The Kier molecular flexibility index (Phi) is 4.16. The van der Waals surface area contributed by atoms with E-state index in [-0.39, 0.29) is 11.2 Å². The number of benzene rings is 1. The van der Waals surface area contributed by atoms with E-state index in [1.807, 2.05) is 0 Å². The van der Waals surface area contributed by atoms with Crippen LogP contribution in [0.2, 0.25) is 0 Å². The lowest BCUT2D eigenvalue weighted by molar-refractivity contribution is -0.184. The van der Waals surface area contributed by atoms with E-state index in [0.717, 1.165) is 0 Å². The first-order chi connectivity index (χ1) is 12.0. The van der Waals surface area contributed by atoms with Crippen LogP contribution in [0.3, 0.4) is 0 Å². The standard InChI is InChI=1S/C19H24FNO5/c1-17(2,3)26-16(24)21-14(15(22)23)19-8-18(9-19,10-19)12-6-5-11(25-4)7-13(12)20/h5-7,14H,8-10H2,1-4H3,(H,21,24)(H,22,23). The summed E-state index contributed by atoms with van der Waals surface area (Å²) in [4.78, 5) is 23.7. The summed E-state index contributed by atoms with van der Waals surface area (Å²) in [7, 11) is 1.48. The number of carbonyl (C=O) groups excluding carboxylic acids is 1. The van der Waals surface area contributed by atoms with E-state index >= 15 is 0 Å². The zero-order valence-corrected chi connectivity index (χ0v) is 15.4. The lowest BCUT2D eigenvalue weighted by Crippen LogP contribution is -2.73. The molecule has 0 radical (unpaired) electrons. The van der Waals surface area contributed by atoms with Crippen LogP contribution in [0.15, 0.2) is 18.2 Å². The second-order valence-corrected chi connectivity index (χ2v) is 8.44. The number of amides is 1. The highest BCUT2D eigenvalue weighted by molar-refractivity contribution is 5.82. The number of alkyl carbamates (subject to hydrolysis) is 1. The minimum absolute atomic E-state index is 0.343. The molecule has 7 heteroatoms. The summed E-state index contributed by atoms with van der Waals surface area (Å²) < 4.78 is 24.6. The van der Waals surface area contributed by atoms with Crippen molar-refractivity contribution in [3.63, 3.8) is 0 Å². The molecule has 1 aromatic rings. The number of rotatable bonds is 5. The maximum atomic E-state index is 14.4. The van der Waals surface area contributed by atoms with Gasteiger partial charge in [-0.1, -0.05) is 6.07 Å². The van der Waals surface area contributed by atoms with Crippen molar-refractivity contribution in [3.8, 4) is 5.75 Å². The summed E-state index contributed by atoms with van der Waals surface area (Å²) in [6.07, 6.45) is 0.821. The molecule has 0 saturated heterocycles. The molecular formula is C19H24FNO5. The molecule has 3 saturated carbocycles. The SMILES string of the molecule is COc1ccc(C23CC(C(NC(=O)OC(C)(C)C)C(=O)O)(C2)C3)c(F)c1. The summed E-state index contributed by atoms with van der Waals surface area (Å²) in [6.45, 7) is 5.14. The predicted molar refractivity (Wildman–Crippen MR) is 91.7 cm³/mol. The zero-order chi connectivity index (χ0) is 19.3. The third kappa shape index (κ3) is 2.99. The van der Waals surface area contributed by atoms with Gasteiger partial charge in [0.05, 0.1) is 7.11 Å². The van der Waals surface area contributed by atoms with E-state index in [0.29, 0.717) is 30.6 Å². The molecule has 0 heterocycles. The molecule has 0 spiro atoms. The second kappa shape index (κ2) is 5.86. The third-order valence-electron chi connectivity index (χ3n) is 5.34. The van der Waals surface area contributed by atoms with E-state index in [4.69, 9.17) is 9.47 Å². The fraction of sp³-hybridized carbons (Fsp3) is 0.579. The Hall–Kier alpha value is -2.31. The molecule has 1 atom stereocenters. The Balaban J connectivity index is 1.71. The van der Waals surface area contributed by atoms with E-state index < -0.39 is 29.1 Å². The lowest BCUT2D eigenvalue weighted by Gasteiger charge is -2.72.